The van der Waals surface area contributed by atoms with Crippen LogP contribution >= 0.6 is 0 Å². The van der Waals surface area contributed by atoms with Gasteiger partial charge in [-0.3, -0.25) is 0 Å². The van der Waals surface area contributed by atoms with Crippen molar-refractivity contribution < 1.29 is 4.74 Å². The summed E-state index contributed by atoms with van der Waals surface area (Å²) in [7, 11) is 2.14. The first-order valence-corrected chi connectivity index (χ1v) is 8.14. The maximum Gasteiger partial charge on any atom is 0.0590 e. The van der Waals surface area contributed by atoms with Gasteiger partial charge in [0.25, 0.3) is 0 Å². The molecule has 2 saturated carbocycles. The van der Waals surface area contributed by atoms with Gasteiger partial charge in [-0.1, -0.05) is 6.42 Å². The molecule has 2 bridgehead atoms. The lowest BCUT2D eigenvalue weighted by Gasteiger charge is -2.30. The van der Waals surface area contributed by atoms with Crippen molar-refractivity contribution in [1.82, 2.24) is 5.32 Å². The summed E-state index contributed by atoms with van der Waals surface area (Å²) in [6, 6.07) is 0.692. The average molecular weight is 251 g/mol. The molecule has 0 aromatic carbocycles. The van der Waals surface area contributed by atoms with Gasteiger partial charge in [-0.2, -0.15) is 0 Å². The summed E-state index contributed by atoms with van der Waals surface area (Å²) in [5.41, 5.74) is 0. The van der Waals surface area contributed by atoms with Crippen molar-refractivity contribution in [3.05, 3.63) is 0 Å². The van der Waals surface area contributed by atoms with E-state index in [2.05, 4.69) is 12.4 Å². The quantitative estimate of drug-likeness (QED) is 0.809. The second kappa shape index (κ2) is 5.92. The molecule has 1 saturated heterocycles. The van der Waals surface area contributed by atoms with Crippen LogP contribution < -0.4 is 5.32 Å². The minimum atomic E-state index is 0.537. The Balaban J connectivity index is 1.46. The van der Waals surface area contributed by atoms with E-state index in [1.807, 2.05) is 0 Å². The third kappa shape index (κ3) is 2.91. The molecule has 2 aliphatic carbocycles. The fourth-order valence-electron chi connectivity index (χ4n) is 4.67. The van der Waals surface area contributed by atoms with Gasteiger partial charge >= 0.3 is 0 Å². The lowest BCUT2D eigenvalue weighted by atomic mass is 9.83. The van der Waals surface area contributed by atoms with E-state index in [9.17, 15) is 0 Å². The van der Waals surface area contributed by atoms with Gasteiger partial charge in [-0.05, 0) is 76.2 Å². The van der Waals surface area contributed by atoms with Gasteiger partial charge in [0.15, 0.2) is 0 Å². The zero-order valence-electron chi connectivity index (χ0n) is 11.9. The first kappa shape index (κ1) is 12.9. The van der Waals surface area contributed by atoms with Crippen LogP contribution in [0.1, 0.15) is 57.8 Å². The van der Waals surface area contributed by atoms with Gasteiger partial charge in [-0.25, -0.2) is 0 Å². The molecule has 0 radical (unpaired) electrons. The summed E-state index contributed by atoms with van der Waals surface area (Å²) < 4.78 is 5.90. The first-order valence-electron chi connectivity index (χ1n) is 8.14. The van der Waals surface area contributed by atoms with Crippen LogP contribution in [0.2, 0.25) is 0 Å². The van der Waals surface area contributed by atoms with Crippen molar-refractivity contribution in [2.45, 2.75) is 69.9 Å². The highest BCUT2D eigenvalue weighted by molar-refractivity contribution is 4.92. The highest BCUT2D eigenvalue weighted by atomic mass is 16.5. The lowest BCUT2D eigenvalue weighted by molar-refractivity contribution is 0.00363. The molecule has 0 aromatic heterocycles. The second-order valence-corrected chi connectivity index (χ2v) is 6.88. The van der Waals surface area contributed by atoms with Gasteiger partial charge in [0, 0.05) is 12.6 Å². The lowest BCUT2D eigenvalue weighted by Crippen LogP contribution is -2.35. The molecule has 1 N–H and O–H groups in total. The Bertz CT molecular complexity index is 262. The second-order valence-electron chi connectivity index (χ2n) is 6.88. The molecular weight excluding hydrogens is 222 g/mol. The van der Waals surface area contributed by atoms with Crippen molar-refractivity contribution in [3.8, 4) is 0 Å². The predicted octanol–water partition coefficient (Wildman–Crippen LogP) is 3.36. The summed E-state index contributed by atoms with van der Waals surface area (Å²) in [6.07, 6.45) is 13.2. The molecule has 0 spiro atoms. The fourth-order valence-corrected chi connectivity index (χ4v) is 4.67. The number of fused-ring (bicyclic) bond motifs is 2. The van der Waals surface area contributed by atoms with Crippen LogP contribution in [-0.4, -0.2) is 25.8 Å². The van der Waals surface area contributed by atoms with E-state index < -0.39 is 0 Å². The van der Waals surface area contributed by atoms with Gasteiger partial charge < -0.3 is 10.1 Å². The highest BCUT2D eigenvalue weighted by Crippen LogP contribution is 2.50. The Kier molecular flexibility index (Phi) is 4.25. The molecule has 5 unspecified atom stereocenters. The zero-order valence-corrected chi connectivity index (χ0v) is 11.9. The van der Waals surface area contributed by atoms with E-state index in [4.69, 9.17) is 4.74 Å². The van der Waals surface area contributed by atoms with Crippen LogP contribution in [0.15, 0.2) is 0 Å². The standard InChI is InChI=1S/C16H29NO/c1-17-15(11-16-4-2-3-7-18-16)10-14-9-12-5-6-13(14)8-12/h12-17H,2-11H2,1H3. The van der Waals surface area contributed by atoms with Gasteiger partial charge in [-0.15, -0.1) is 0 Å². The normalized spacial score (nSPS) is 41.2. The molecule has 2 nitrogen and oxygen atoms in total. The number of hydrogen-bond acceptors (Lipinski definition) is 2. The Morgan fingerprint density at radius 3 is 2.67 bits per heavy atom. The number of nitrogens with one attached hydrogen (secondary N) is 1. The van der Waals surface area contributed by atoms with Crippen LogP contribution in [0.5, 0.6) is 0 Å². The number of hydrogen-bond donors (Lipinski definition) is 1. The molecule has 3 aliphatic rings. The first-order chi connectivity index (χ1) is 8.85. The summed E-state index contributed by atoms with van der Waals surface area (Å²) in [5.74, 6) is 3.17. The molecule has 18 heavy (non-hydrogen) atoms. The van der Waals surface area contributed by atoms with Crippen LogP contribution in [-0.2, 0) is 4.74 Å². The zero-order chi connectivity index (χ0) is 12.4. The minimum Gasteiger partial charge on any atom is -0.378 e. The molecule has 1 aliphatic heterocycles. The molecule has 2 heteroatoms. The summed E-state index contributed by atoms with van der Waals surface area (Å²) in [4.78, 5) is 0. The fraction of sp³-hybridized carbons (Fsp3) is 1.00. The van der Waals surface area contributed by atoms with E-state index in [-0.39, 0.29) is 0 Å². The SMILES string of the molecule is CNC(CC1CCCCO1)CC1CC2CCC1C2. The Morgan fingerprint density at radius 2 is 2.06 bits per heavy atom. The van der Waals surface area contributed by atoms with Crippen molar-refractivity contribution >= 4 is 0 Å². The minimum absolute atomic E-state index is 0.537. The smallest absolute Gasteiger partial charge is 0.0590 e. The third-order valence-electron chi connectivity index (χ3n) is 5.70. The van der Waals surface area contributed by atoms with Crippen molar-refractivity contribution in [2.24, 2.45) is 17.8 Å². The summed E-state index contributed by atoms with van der Waals surface area (Å²) in [6.45, 7) is 0.995. The average Bonchev–Trinajstić information content (AvgIpc) is 3.01. The van der Waals surface area contributed by atoms with E-state index in [0.717, 1.165) is 24.4 Å². The van der Waals surface area contributed by atoms with E-state index in [0.29, 0.717) is 12.1 Å². The molecular formula is C16H29NO. The van der Waals surface area contributed by atoms with Crippen LogP contribution in [0.4, 0.5) is 0 Å². The predicted molar refractivity (Wildman–Crippen MR) is 74.6 cm³/mol. The maximum absolute atomic E-state index is 5.90. The number of rotatable bonds is 5. The Morgan fingerprint density at radius 1 is 1.11 bits per heavy atom. The molecule has 3 fully saturated rings. The van der Waals surface area contributed by atoms with E-state index in [1.54, 1.807) is 6.42 Å². The highest BCUT2D eigenvalue weighted by Gasteiger charge is 2.40. The van der Waals surface area contributed by atoms with Gasteiger partial charge in [0.1, 0.15) is 0 Å². The Labute approximate surface area is 112 Å². The van der Waals surface area contributed by atoms with Gasteiger partial charge in [0.2, 0.25) is 0 Å². The Hall–Kier alpha value is -0.0800. The third-order valence-corrected chi connectivity index (χ3v) is 5.70. The summed E-state index contributed by atoms with van der Waals surface area (Å²) >= 11 is 0. The topological polar surface area (TPSA) is 21.3 Å². The molecule has 3 rings (SSSR count). The van der Waals surface area contributed by atoms with E-state index in [1.165, 1.54) is 51.4 Å². The molecule has 5 atom stereocenters. The molecule has 104 valence electrons. The van der Waals surface area contributed by atoms with Crippen molar-refractivity contribution in [1.29, 1.82) is 0 Å². The van der Waals surface area contributed by atoms with E-state index >= 15 is 0 Å². The maximum atomic E-state index is 5.90. The number of ether oxygens (including phenoxy) is 1. The molecule has 0 amide bonds. The monoisotopic (exact) mass is 251 g/mol. The molecule has 0 aromatic rings. The van der Waals surface area contributed by atoms with Gasteiger partial charge in [0.05, 0.1) is 6.10 Å². The van der Waals surface area contributed by atoms with Crippen LogP contribution in [0, 0.1) is 17.8 Å². The van der Waals surface area contributed by atoms with Crippen LogP contribution in [0.25, 0.3) is 0 Å². The molecule has 1 heterocycles. The summed E-state index contributed by atoms with van der Waals surface area (Å²) in [5, 5.41) is 3.56. The van der Waals surface area contributed by atoms with Crippen molar-refractivity contribution in [2.75, 3.05) is 13.7 Å². The van der Waals surface area contributed by atoms with Crippen molar-refractivity contribution in [3.63, 3.8) is 0 Å². The van der Waals surface area contributed by atoms with Crippen LogP contribution in [0.3, 0.4) is 0 Å². The largest absolute Gasteiger partial charge is 0.378 e.